The molecule has 0 unspecified atom stereocenters. The Hall–Kier alpha value is -3.43. The van der Waals surface area contributed by atoms with Crippen molar-refractivity contribution < 1.29 is 4.74 Å². The maximum atomic E-state index is 12.2. The van der Waals surface area contributed by atoms with Gasteiger partial charge in [0.05, 0.1) is 5.69 Å². The summed E-state index contributed by atoms with van der Waals surface area (Å²) in [5.41, 5.74) is 2.82. The van der Waals surface area contributed by atoms with Crippen molar-refractivity contribution >= 4 is 0 Å². The molecular formula is C24H24N4O2. The Kier molecular flexibility index (Phi) is 6.21. The van der Waals surface area contributed by atoms with E-state index >= 15 is 0 Å². The topological polar surface area (TPSA) is 71.1 Å². The maximum Gasteiger partial charge on any atom is 0.251 e. The highest BCUT2D eigenvalue weighted by atomic mass is 16.5. The molecule has 1 saturated heterocycles. The summed E-state index contributed by atoms with van der Waals surface area (Å²) in [5, 5.41) is 0. The fourth-order valence-corrected chi connectivity index (χ4v) is 3.79. The number of ether oxygens (including phenoxy) is 1. The van der Waals surface area contributed by atoms with Crippen molar-refractivity contribution in [2.75, 3.05) is 19.7 Å². The Morgan fingerprint density at radius 3 is 2.70 bits per heavy atom. The highest BCUT2D eigenvalue weighted by Gasteiger charge is 2.22. The van der Waals surface area contributed by atoms with Crippen LogP contribution in [0.1, 0.15) is 30.0 Å². The number of H-pyrrole nitrogens is 1. The van der Waals surface area contributed by atoms with Gasteiger partial charge in [-0.15, -0.1) is 6.42 Å². The summed E-state index contributed by atoms with van der Waals surface area (Å²) in [6, 6.07) is 13.5. The Morgan fingerprint density at radius 1 is 1.20 bits per heavy atom. The van der Waals surface area contributed by atoms with E-state index in [1.54, 1.807) is 18.5 Å². The number of pyridine rings is 1. The number of aromatic nitrogens is 3. The molecule has 0 spiro atoms. The van der Waals surface area contributed by atoms with E-state index in [1.165, 1.54) is 5.56 Å². The van der Waals surface area contributed by atoms with Gasteiger partial charge in [0.1, 0.15) is 18.2 Å². The van der Waals surface area contributed by atoms with Gasteiger partial charge in [0, 0.05) is 36.5 Å². The molecular weight excluding hydrogens is 376 g/mol. The van der Waals surface area contributed by atoms with Crippen molar-refractivity contribution in [2.45, 2.75) is 25.3 Å². The van der Waals surface area contributed by atoms with Crippen molar-refractivity contribution in [3.05, 3.63) is 76.5 Å². The van der Waals surface area contributed by atoms with Crippen LogP contribution < -0.4 is 10.3 Å². The average molecular weight is 400 g/mol. The number of nitrogens with zero attached hydrogens (tertiary/aromatic N) is 3. The van der Waals surface area contributed by atoms with Gasteiger partial charge in [-0.25, -0.2) is 4.98 Å². The molecule has 6 heteroatoms. The van der Waals surface area contributed by atoms with E-state index < -0.39 is 0 Å². The van der Waals surface area contributed by atoms with Crippen LogP contribution in [0.2, 0.25) is 0 Å². The van der Waals surface area contributed by atoms with E-state index in [0.29, 0.717) is 11.7 Å². The zero-order chi connectivity index (χ0) is 20.8. The quantitative estimate of drug-likeness (QED) is 0.644. The minimum absolute atomic E-state index is 0.117. The lowest BCUT2D eigenvalue weighted by atomic mass is 9.93. The smallest absolute Gasteiger partial charge is 0.251 e. The third kappa shape index (κ3) is 4.94. The predicted molar refractivity (Wildman–Crippen MR) is 116 cm³/mol. The lowest BCUT2D eigenvalue weighted by Gasteiger charge is -2.31. The van der Waals surface area contributed by atoms with Crippen molar-refractivity contribution in [1.29, 1.82) is 0 Å². The van der Waals surface area contributed by atoms with Crippen LogP contribution in [0.5, 0.6) is 5.75 Å². The van der Waals surface area contributed by atoms with Gasteiger partial charge in [-0.3, -0.25) is 14.7 Å². The Morgan fingerprint density at radius 2 is 2.00 bits per heavy atom. The zero-order valence-corrected chi connectivity index (χ0v) is 16.8. The Labute approximate surface area is 176 Å². The van der Waals surface area contributed by atoms with Crippen LogP contribution in [0.15, 0.2) is 59.7 Å². The molecule has 0 bridgehead atoms. The van der Waals surface area contributed by atoms with Gasteiger partial charge >= 0.3 is 0 Å². The number of aromatic amines is 1. The van der Waals surface area contributed by atoms with E-state index in [1.807, 2.05) is 24.3 Å². The molecule has 0 amide bonds. The number of terminal acetylenes is 1. The number of likely N-dealkylation sites (tertiary alicyclic amines) is 1. The number of piperidine rings is 1. The fourth-order valence-electron chi connectivity index (χ4n) is 3.79. The second-order valence-electron chi connectivity index (χ2n) is 7.45. The van der Waals surface area contributed by atoms with Crippen LogP contribution in [-0.2, 0) is 6.54 Å². The van der Waals surface area contributed by atoms with Crippen LogP contribution in [0.25, 0.3) is 11.4 Å². The van der Waals surface area contributed by atoms with Crippen molar-refractivity contribution in [2.24, 2.45) is 0 Å². The first kappa shape index (κ1) is 19.9. The first-order valence-corrected chi connectivity index (χ1v) is 10.1. The van der Waals surface area contributed by atoms with E-state index in [-0.39, 0.29) is 12.2 Å². The summed E-state index contributed by atoms with van der Waals surface area (Å²) in [6.07, 6.45) is 10.6. The van der Waals surface area contributed by atoms with Gasteiger partial charge in [0.15, 0.2) is 0 Å². The van der Waals surface area contributed by atoms with E-state index in [0.717, 1.165) is 49.5 Å². The molecule has 0 saturated carbocycles. The second kappa shape index (κ2) is 9.38. The largest absolute Gasteiger partial charge is 0.481 e. The minimum Gasteiger partial charge on any atom is -0.481 e. The van der Waals surface area contributed by atoms with Crippen molar-refractivity contribution in [3.8, 4) is 29.5 Å². The maximum absolute atomic E-state index is 12.2. The summed E-state index contributed by atoms with van der Waals surface area (Å²) >= 11 is 0. The molecule has 3 aromatic rings. The molecule has 0 aliphatic carbocycles. The Bertz CT molecular complexity index is 1060. The molecule has 1 aliphatic rings. The molecule has 0 radical (unpaired) electrons. The lowest BCUT2D eigenvalue weighted by molar-refractivity contribution is 0.203. The number of rotatable bonds is 6. The van der Waals surface area contributed by atoms with Crippen LogP contribution >= 0.6 is 0 Å². The Balaban J connectivity index is 1.37. The molecule has 4 rings (SSSR count). The standard InChI is InChI=1S/C24H24N4O2/c1-2-14-30-21-7-5-18(6-8-21)17-28-12-9-19(10-13-28)22-15-23(29)27-24(26-22)20-4-3-11-25-16-20/h1,3-8,11,15-16,19H,9-10,12-14,17H2,(H,26,27,29). The fraction of sp³-hybridized carbons (Fsp3) is 0.292. The molecule has 2 aromatic heterocycles. The number of hydrogen-bond acceptors (Lipinski definition) is 5. The lowest BCUT2D eigenvalue weighted by Crippen LogP contribution is -2.33. The molecule has 3 heterocycles. The van der Waals surface area contributed by atoms with Gasteiger partial charge in [-0.2, -0.15) is 0 Å². The van der Waals surface area contributed by atoms with E-state index in [2.05, 4.69) is 32.9 Å². The zero-order valence-electron chi connectivity index (χ0n) is 16.8. The SMILES string of the molecule is C#CCOc1ccc(CN2CCC(c3cc(=O)[nH]c(-c4cccnc4)n3)CC2)cc1. The number of benzene rings is 1. The molecule has 0 atom stereocenters. The molecule has 30 heavy (non-hydrogen) atoms. The minimum atomic E-state index is -0.117. The summed E-state index contributed by atoms with van der Waals surface area (Å²) in [6.45, 7) is 3.12. The summed E-state index contributed by atoms with van der Waals surface area (Å²) in [5.74, 6) is 4.14. The third-order valence-electron chi connectivity index (χ3n) is 5.35. The summed E-state index contributed by atoms with van der Waals surface area (Å²) in [7, 11) is 0. The molecule has 1 N–H and O–H groups in total. The highest BCUT2D eigenvalue weighted by Crippen LogP contribution is 2.28. The van der Waals surface area contributed by atoms with Gasteiger partial charge in [0.25, 0.3) is 5.56 Å². The normalized spacial score (nSPS) is 14.9. The first-order chi connectivity index (χ1) is 14.7. The van der Waals surface area contributed by atoms with Crippen molar-refractivity contribution in [3.63, 3.8) is 0 Å². The van der Waals surface area contributed by atoms with Crippen molar-refractivity contribution in [1.82, 2.24) is 19.9 Å². The first-order valence-electron chi connectivity index (χ1n) is 10.1. The van der Waals surface area contributed by atoms with Crippen LogP contribution in [0.4, 0.5) is 0 Å². The van der Waals surface area contributed by atoms with Gasteiger partial charge in [-0.1, -0.05) is 18.1 Å². The molecule has 6 nitrogen and oxygen atoms in total. The van der Waals surface area contributed by atoms with Crippen LogP contribution in [0.3, 0.4) is 0 Å². The molecule has 152 valence electrons. The molecule has 1 aliphatic heterocycles. The summed E-state index contributed by atoms with van der Waals surface area (Å²) in [4.78, 5) is 26.3. The van der Waals surface area contributed by atoms with Gasteiger partial charge < -0.3 is 9.72 Å². The average Bonchev–Trinajstić information content (AvgIpc) is 2.79. The van der Waals surface area contributed by atoms with Gasteiger partial charge in [0.2, 0.25) is 0 Å². The predicted octanol–water partition coefficient (Wildman–Crippen LogP) is 3.22. The van der Waals surface area contributed by atoms with E-state index in [4.69, 9.17) is 16.1 Å². The molecule has 1 fully saturated rings. The highest BCUT2D eigenvalue weighted by molar-refractivity contribution is 5.52. The summed E-state index contributed by atoms with van der Waals surface area (Å²) < 4.78 is 5.43. The second-order valence-corrected chi connectivity index (χ2v) is 7.45. The number of hydrogen-bond donors (Lipinski definition) is 1. The van der Waals surface area contributed by atoms with E-state index in [9.17, 15) is 4.79 Å². The molecule has 1 aromatic carbocycles. The monoisotopic (exact) mass is 400 g/mol. The van der Waals surface area contributed by atoms with Crippen LogP contribution in [0, 0.1) is 12.3 Å². The van der Waals surface area contributed by atoms with Gasteiger partial charge in [-0.05, 0) is 55.8 Å². The third-order valence-corrected chi connectivity index (χ3v) is 5.35. The number of nitrogens with one attached hydrogen (secondary N) is 1. The van der Waals surface area contributed by atoms with Crippen LogP contribution in [-0.4, -0.2) is 39.5 Å².